The number of fused-ring (bicyclic) bond motifs is 1. The summed E-state index contributed by atoms with van der Waals surface area (Å²) in [6.45, 7) is 2.10. The first-order chi connectivity index (χ1) is 15.1. The van der Waals surface area contributed by atoms with Crippen LogP contribution < -0.4 is 10.1 Å². The van der Waals surface area contributed by atoms with E-state index < -0.39 is 0 Å². The number of esters is 2. The fourth-order valence-corrected chi connectivity index (χ4v) is 3.85. The number of thiophene rings is 1. The van der Waals surface area contributed by atoms with Gasteiger partial charge in [0.25, 0.3) is 0 Å². The molecule has 7 nitrogen and oxygen atoms in total. The maximum absolute atomic E-state index is 12.3. The van der Waals surface area contributed by atoms with Crippen molar-refractivity contribution in [3.8, 4) is 17.0 Å². The van der Waals surface area contributed by atoms with E-state index in [0.29, 0.717) is 23.9 Å². The molecule has 0 aliphatic heterocycles. The van der Waals surface area contributed by atoms with Gasteiger partial charge >= 0.3 is 11.9 Å². The second-order valence-electron chi connectivity index (χ2n) is 6.65. The molecule has 31 heavy (non-hydrogen) atoms. The number of nitrogens with one attached hydrogen (secondary N) is 1. The van der Waals surface area contributed by atoms with Crippen molar-refractivity contribution in [2.24, 2.45) is 0 Å². The molecular formula is C23H21N3O4S. The lowest BCUT2D eigenvalue weighted by atomic mass is 10.1. The molecule has 0 aliphatic carbocycles. The number of anilines is 1. The van der Waals surface area contributed by atoms with Crippen LogP contribution in [0.3, 0.4) is 0 Å². The van der Waals surface area contributed by atoms with Crippen molar-refractivity contribution in [3.63, 3.8) is 0 Å². The standard InChI is InChI=1S/C23H21N3O4S/c1-2-29-21(28)15-24-23-22(25-19-10-3-4-11-26(19)23)16-7-5-8-17(13-16)30-20(27)14-18-9-6-12-31-18/h3-13,24H,2,14-15H2,1H3. The molecule has 0 aliphatic rings. The highest BCUT2D eigenvalue weighted by molar-refractivity contribution is 7.10. The minimum absolute atomic E-state index is 0.0129. The van der Waals surface area contributed by atoms with E-state index in [1.165, 1.54) is 11.3 Å². The van der Waals surface area contributed by atoms with E-state index in [-0.39, 0.29) is 24.9 Å². The molecule has 3 heterocycles. The van der Waals surface area contributed by atoms with Gasteiger partial charge in [-0.1, -0.05) is 24.3 Å². The summed E-state index contributed by atoms with van der Waals surface area (Å²) in [5.74, 6) is 0.420. The maximum atomic E-state index is 12.3. The lowest BCUT2D eigenvalue weighted by molar-refractivity contribution is -0.141. The van der Waals surface area contributed by atoms with Crippen LogP contribution in [-0.4, -0.2) is 34.5 Å². The molecule has 0 fully saturated rings. The van der Waals surface area contributed by atoms with Gasteiger partial charge in [0.15, 0.2) is 0 Å². The summed E-state index contributed by atoms with van der Waals surface area (Å²) in [5.41, 5.74) is 2.13. The van der Waals surface area contributed by atoms with Crippen LogP contribution in [0.1, 0.15) is 11.8 Å². The number of carbonyl (C=O) groups is 2. The van der Waals surface area contributed by atoms with Crippen LogP contribution in [0.25, 0.3) is 16.9 Å². The SMILES string of the molecule is CCOC(=O)CNc1c(-c2cccc(OC(=O)Cc3cccs3)c2)nc2ccccn12. The molecule has 0 amide bonds. The first-order valence-corrected chi connectivity index (χ1v) is 10.7. The highest BCUT2D eigenvalue weighted by atomic mass is 32.1. The number of pyridine rings is 1. The average Bonchev–Trinajstić information content (AvgIpc) is 3.40. The first kappa shape index (κ1) is 20.6. The third-order valence-electron chi connectivity index (χ3n) is 4.47. The number of rotatable bonds is 8. The van der Waals surface area contributed by atoms with Crippen LogP contribution in [0.2, 0.25) is 0 Å². The van der Waals surface area contributed by atoms with Crippen molar-refractivity contribution in [3.05, 3.63) is 71.1 Å². The lowest BCUT2D eigenvalue weighted by Gasteiger charge is -2.09. The van der Waals surface area contributed by atoms with Crippen LogP contribution in [-0.2, 0) is 20.7 Å². The zero-order valence-corrected chi connectivity index (χ0v) is 17.7. The number of hydrogen-bond acceptors (Lipinski definition) is 7. The molecule has 0 spiro atoms. The van der Waals surface area contributed by atoms with Crippen molar-refractivity contribution in [2.45, 2.75) is 13.3 Å². The Kier molecular flexibility index (Phi) is 6.28. The molecule has 158 valence electrons. The monoisotopic (exact) mass is 435 g/mol. The number of nitrogens with zero attached hydrogens (tertiary/aromatic N) is 2. The summed E-state index contributed by atoms with van der Waals surface area (Å²) in [6.07, 6.45) is 2.09. The Morgan fingerprint density at radius 3 is 2.81 bits per heavy atom. The quantitative estimate of drug-likeness (QED) is 0.330. The minimum Gasteiger partial charge on any atom is -0.465 e. The Morgan fingerprint density at radius 2 is 2.00 bits per heavy atom. The number of hydrogen-bond donors (Lipinski definition) is 1. The molecule has 4 aromatic rings. The molecule has 0 atom stereocenters. The molecule has 0 saturated heterocycles. The summed E-state index contributed by atoms with van der Waals surface area (Å²) in [4.78, 5) is 29.8. The fourth-order valence-electron chi connectivity index (χ4n) is 3.16. The molecule has 0 unspecified atom stereocenters. The number of benzene rings is 1. The Hall–Kier alpha value is -3.65. The predicted octanol–water partition coefficient (Wildman–Crippen LogP) is 4.19. The second kappa shape index (κ2) is 9.44. The summed E-state index contributed by atoms with van der Waals surface area (Å²) < 4.78 is 12.4. The van der Waals surface area contributed by atoms with Gasteiger partial charge in [0, 0.05) is 16.6 Å². The molecule has 0 bridgehead atoms. The van der Waals surface area contributed by atoms with Crippen LogP contribution in [0.5, 0.6) is 5.75 Å². The summed E-state index contributed by atoms with van der Waals surface area (Å²) in [6, 6.07) is 16.7. The molecule has 4 rings (SSSR count). The van der Waals surface area contributed by atoms with Gasteiger partial charge in [-0.2, -0.15) is 0 Å². The smallest absolute Gasteiger partial charge is 0.325 e. The molecule has 8 heteroatoms. The fraction of sp³-hybridized carbons (Fsp3) is 0.174. The Morgan fingerprint density at radius 1 is 1.10 bits per heavy atom. The van der Waals surface area contributed by atoms with Crippen LogP contribution in [0.15, 0.2) is 66.2 Å². The van der Waals surface area contributed by atoms with Crippen LogP contribution in [0.4, 0.5) is 5.82 Å². The van der Waals surface area contributed by atoms with Gasteiger partial charge in [-0.25, -0.2) is 4.98 Å². The Bertz CT molecular complexity index is 1200. The van der Waals surface area contributed by atoms with Gasteiger partial charge in [0.2, 0.25) is 0 Å². The second-order valence-corrected chi connectivity index (χ2v) is 7.69. The summed E-state index contributed by atoms with van der Waals surface area (Å²) >= 11 is 1.52. The van der Waals surface area contributed by atoms with Gasteiger partial charge in [-0.15, -0.1) is 11.3 Å². The highest BCUT2D eigenvalue weighted by Crippen LogP contribution is 2.31. The van der Waals surface area contributed by atoms with E-state index in [1.54, 1.807) is 19.1 Å². The van der Waals surface area contributed by atoms with E-state index in [2.05, 4.69) is 5.32 Å². The van der Waals surface area contributed by atoms with E-state index in [1.807, 2.05) is 58.4 Å². The number of ether oxygens (including phenoxy) is 2. The summed E-state index contributed by atoms with van der Waals surface area (Å²) in [5, 5.41) is 5.06. The third-order valence-corrected chi connectivity index (χ3v) is 5.35. The minimum atomic E-state index is -0.351. The number of imidazole rings is 1. The third kappa shape index (κ3) is 4.92. The van der Waals surface area contributed by atoms with Crippen LogP contribution in [0, 0.1) is 0 Å². The van der Waals surface area contributed by atoms with E-state index in [4.69, 9.17) is 14.5 Å². The van der Waals surface area contributed by atoms with Gasteiger partial charge < -0.3 is 14.8 Å². The number of carbonyl (C=O) groups excluding carboxylic acids is 2. The van der Waals surface area contributed by atoms with Gasteiger partial charge in [-0.3, -0.25) is 14.0 Å². The van der Waals surface area contributed by atoms with Crippen molar-refractivity contribution in [1.82, 2.24) is 9.38 Å². The molecule has 0 radical (unpaired) electrons. The largest absolute Gasteiger partial charge is 0.465 e. The summed E-state index contributed by atoms with van der Waals surface area (Å²) in [7, 11) is 0. The topological polar surface area (TPSA) is 81.9 Å². The van der Waals surface area contributed by atoms with Crippen molar-refractivity contribution >= 4 is 34.7 Å². The molecule has 3 aromatic heterocycles. The highest BCUT2D eigenvalue weighted by Gasteiger charge is 2.16. The zero-order valence-electron chi connectivity index (χ0n) is 16.9. The van der Waals surface area contributed by atoms with Crippen molar-refractivity contribution in [1.29, 1.82) is 0 Å². The Balaban J connectivity index is 1.60. The molecular weight excluding hydrogens is 414 g/mol. The Labute approximate surface area is 183 Å². The van der Waals surface area contributed by atoms with Gasteiger partial charge in [0.05, 0.1) is 13.0 Å². The predicted molar refractivity (Wildman–Crippen MR) is 119 cm³/mol. The number of aromatic nitrogens is 2. The molecule has 1 N–H and O–H groups in total. The van der Waals surface area contributed by atoms with Gasteiger partial charge in [-0.05, 0) is 42.6 Å². The maximum Gasteiger partial charge on any atom is 0.325 e. The van der Waals surface area contributed by atoms with E-state index >= 15 is 0 Å². The zero-order chi connectivity index (χ0) is 21.6. The van der Waals surface area contributed by atoms with E-state index in [9.17, 15) is 9.59 Å². The lowest BCUT2D eigenvalue weighted by Crippen LogP contribution is -2.17. The molecule has 1 aromatic carbocycles. The van der Waals surface area contributed by atoms with Crippen molar-refractivity contribution in [2.75, 3.05) is 18.5 Å². The first-order valence-electron chi connectivity index (χ1n) is 9.84. The van der Waals surface area contributed by atoms with Crippen molar-refractivity contribution < 1.29 is 19.1 Å². The van der Waals surface area contributed by atoms with Crippen LogP contribution >= 0.6 is 11.3 Å². The van der Waals surface area contributed by atoms with Gasteiger partial charge in [0.1, 0.15) is 29.5 Å². The van der Waals surface area contributed by atoms with E-state index in [0.717, 1.165) is 16.1 Å². The molecule has 0 saturated carbocycles. The normalized spacial score (nSPS) is 10.7. The average molecular weight is 436 g/mol.